The summed E-state index contributed by atoms with van der Waals surface area (Å²) >= 11 is 0. The molecule has 0 spiro atoms. The zero-order valence-electron chi connectivity index (χ0n) is 30.7. The van der Waals surface area contributed by atoms with E-state index < -0.39 is 115 Å². The number of carbonyl (C=O) groups excluding carboxylic acids is 8. The number of nitrogens with zero attached hydrogens (tertiary/aromatic N) is 4. The van der Waals surface area contributed by atoms with Gasteiger partial charge in [-0.15, -0.1) is 0 Å². The molecule has 0 bridgehead atoms. The van der Waals surface area contributed by atoms with Crippen molar-refractivity contribution in [2.24, 2.45) is 0 Å². The fourth-order valence-corrected chi connectivity index (χ4v) is 8.01. The summed E-state index contributed by atoms with van der Waals surface area (Å²) < 4.78 is 0. The van der Waals surface area contributed by atoms with Gasteiger partial charge in [0.1, 0.15) is 36.8 Å². The molecule has 55 heavy (non-hydrogen) atoms. The second-order valence-corrected chi connectivity index (χ2v) is 14.7. The van der Waals surface area contributed by atoms with Crippen molar-refractivity contribution >= 4 is 53.2 Å². The third-order valence-electron chi connectivity index (χ3n) is 10.8. The predicted molar refractivity (Wildman–Crippen MR) is 187 cm³/mol. The lowest BCUT2D eigenvalue weighted by Gasteiger charge is -2.31. The van der Waals surface area contributed by atoms with Crippen molar-refractivity contribution in [1.82, 2.24) is 46.2 Å². The number of hydrogen-bond donors (Lipinski definition) is 8. The van der Waals surface area contributed by atoms with Crippen LogP contribution in [0.25, 0.3) is 0 Å². The van der Waals surface area contributed by atoms with Crippen molar-refractivity contribution in [3.8, 4) is 0 Å². The van der Waals surface area contributed by atoms with E-state index in [-0.39, 0.29) is 51.3 Å². The average molecular weight is 778 g/mol. The van der Waals surface area contributed by atoms with Crippen molar-refractivity contribution in [3.05, 3.63) is 0 Å². The first kappa shape index (κ1) is 41.3. The lowest BCUT2D eigenvalue weighted by Crippen LogP contribution is -2.56. The van der Waals surface area contributed by atoms with Crippen molar-refractivity contribution in [2.45, 2.75) is 107 Å². The summed E-state index contributed by atoms with van der Waals surface area (Å²) in [7, 11) is 0. The van der Waals surface area contributed by atoms with Crippen LogP contribution in [0.15, 0.2) is 0 Å². The number of hydrogen-bond acceptors (Lipinski definition) is 12. The molecular weight excluding hydrogens is 726 g/mol. The van der Waals surface area contributed by atoms with Crippen LogP contribution in [-0.2, 0) is 43.2 Å². The molecule has 0 aromatic rings. The van der Waals surface area contributed by atoms with Gasteiger partial charge >= 0.3 is 5.97 Å². The van der Waals surface area contributed by atoms with Gasteiger partial charge < -0.3 is 61.5 Å². The Morgan fingerprint density at radius 3 is 1.73 bits per heavy atom. The maximum Gasteiger partial charge on any atom is 0.322 e. The van der Waals surface area contributed by atoms with E-state index in [4.69, 9.17) is 5.11 Å². The largest absolute Gasteiger partial charge is 0.480 e. The highest BCUT2D eigenvalue weighted by atomic mass is 16.4. The molecule has 5 rings (SSSR count). The Bertz CT molecular complexity index is 1540. The first-order valence-electron chi connectivity index (χ1n) is 18.8. The minimum atomic E-state index is -1.27. The quantitative estimate of drug-likeness (QED) is 0.0868. The molecule has 0 aromatic carbocycles. The number of rotatable bonds is 13. The Hall–Kier alpha value is -4.89. The molecule has 8 atom stereocenters. The molecule has 8 amide bonds. The Morgan fingerprint density at radius 2 is 1.16 bits per heavy atom. The van der Waals surface area contributed by atoms with Crippen LogP contribution < -0.4 is 26.6 Å². The highest BCUT2D eigenvalue weighted by Crippen LogP contribution is 2.26. The molecule has 5 heterocycles. The van der Waals surface area contributed by atoms with Crippen LogP contribution in [0.5, 0.6) is 0 Å². The molecule has 0 unspecified atom stereocenters. The molecule has 304 valence electrons. The van der Waals surface area contributed by atoms with Gasteiger partial charge in [-0.1, -0.05) is 0 Å². The van der Waals surface area contributed by atoms with Gasteiger partial charge in [0.25, 0.3) is 0 Å². The molecule has 5 fully saturated rings. The molecule has 0 aliphatic carbocycles. The second-order valence-electron chi connectivity index (χ2n) is 14.7. The van der Waals surface area contributed by atoms with E-state index in [0.717, 1.165) is 11.3 Å². The molecule has 21 heteroatoms. The Labute approximate surface area is 316 Å². The van der Waals surface area contributed by atoms with Crippen LogP contribution in [0.3, 0.4) is 0 Å². The van der Waals surface area contributed by atoms with Gasteiger partial charge in [-0.3, -0.25) is 43.2 Å². The van der Waals surface area contributed by atoms with Gasteiger partial charge in [-0.2, -0.15) is 0 Å². The predicted octanol–water partition coefficient (Wildman–Crippen LogP) is -5.42. The fraction of sp³-hybridized carbons (Fsp3) is 0.735. The van der Waals surface area contributed by atoms with Gasteiger partial charge in [-0.05, 0) is 52.0 Å². The standard InChI is InChI=1S/C34H51N9O12/c1-18(29(50)36-13-27(47)41-10-4-7-23(41)34(55)43-17-20(45)12-25(43)31(52)38-15-28(48)49)39-32(53)22-6-3-9-40(22)26(46)14-37-30(51)24-11-19(44)16-42(24)33(54)21-5-2-8-35-21/h18-25,35,44-45H,2-17H2,1H3,(H,36,50)(H,37,51)(H,38,52)(H,39,53)(H,48,49)/t18-,19+,20+,21-,22-,23-,24-,25-/m0/s1. The number of nitrogens with one attached hydrogen (secondary N) is 5. The van der Waals surface area contributed by atoms with E-state index >= 15 is 0 Å². The lowest BCUT2D eigenvalue weighted by atomic mass is 10.1. The van der Waals surface area contributed by atoms with E-state index in [1.54, 1.807) is 0 Å². The smallest absolute Gasteiger partial charge is 0.322 e. The summed E-state index contributed by atoms with van der Waals surface area (Å²) in [6.07, 6.45) is 1.08. The molecule has 5 aliphatic heterocycles. The van der Waals surface area contributed by atoms with Crippen molar-refractivity contribution in [2.75, 3.05) is 52.4 Å². The molecule has 5 aliphatic rings. The highest BCUT2D eigenvalue weighted by molar-refractivity contribution is 5.97. The van der Waals surface area contributed by atoms with Crippen LogP contribution in [0.2, 0.25) is 0 Å². The number of β-amino-alcohol motifs (C(OH)–C–C–N with tert-alkyl or cyclic N) is 2. The molecule has 0 saturated carbocycles. The maximum absolute atomic E-state index is 13.5. The van der Waals surface area contributed by atoms with Gasteiger partial charge in [0.05, 0.1) is 31.3 Å². The lowest BCUT2D eigenvalue weighted by molar-refractivity contribution is -0.147. The normalized spacial score (nSPS) is 28.2. The number of aliphatic carboxylic acids is 1. The van der Waals surface area contributed by atoms with Crippen LogP contribution in [0.4, 0.5) is 0 Å². The van der Waals surface area contributed by atoms with E-state index in [1.807, 2.05) is 0 Å². The molecule has 0 radical (unpaired) electrons. The first-order chi connectivity index (χ1) is 26.2. The van der Waals surface area contributed by atoms with Crippen molar-refractivity contribution in [3.63, 3.8) is 0 Å². The summed E-state index contributed by atoms with van der Waals surface area (Å²) in [4.78, 5) is 121. The van der Waals surface area contributed by atoms with E-state index in [9.17, 15) is 53.4 Å². The summed E-state index contributed by atoms with van der Waals surface area (Å²) in [5.41, 5.74) is 0. The third kappa shape index (κ3) is 9.87. The second kappa shape index (κ2) is 18.2. The number of carbonyl (C=O) groups is 9. The topological polar surface area (TPSA) is 287 Å². The molecule has 5 saturated heterocycles. The minimum absolute atomic E-state index is 0.0147. The molecular formula is C34H51N9O12. The van der Waals surface area contributed by atoms with E-state index in [0.29, 0.717) is 32.2 Å². The number of amides is 8. The molecule has 0 aromatic heterocycles. The molecule has 21 nitrogen and oxygen atoms in total. The van der Waals surface area contributed by atoms with Gasteiger partial charge in [-0.25, -0.2) is 0 Å². The fourth-order valence-electron chi connectivity index (χ4n) is 8.01. The van der Waals surface area contributed by atoms with Crippen molar-refractivity contribution < 1.29 is 58.5 Å². The van der Waals surface area contributed by atoms with E-state index in [2.05, 4.69) is 26.6 Å². The van der Waals surface area contributed by atoms with Crippen molar-refractivity contribution in [1.29, 1.82) is 0 Å². The third-order valence-corrected chi connectivity index (χ3v) is 10.8. The summed E-state index contributed by atoms with van der Waals surface area (Å²) in [5.74, 6) is -5.86. The number of carboxylic acid groups (broad SMARTS) is 1. The summed E-state index contributed by atoms with van der Waals surface area (Å²) in [6, 6.07) is -5.46. The number of aliphatic hydroxyl groups excluding tert-OH is 2. The Morgan fingerprint density at radius 1 is 0.636 bits per heavy atom. The number of carboxylic acids is 1. The molecule has 8 N–H and O–H groups in total. The zero-order valence-corrected chi connectivity index (χ0v) is 30.7. The van der Waals surface area contributed by atoms with Crippen LogP contribution in [0.1, 0.15) is 58.3 Å². The SMILES string of the molecule is C[C@H](NC(=O)[C@@H]1CCCN1C(=O)CNC(=O)[C@@H]1C[C@@H](O)CN1C(=O)[C@@H]1CCCN1)C(=O)NCC(=O)N1CCC[C@H]1C(=O)N1C[C@H](O)C[C@H]1C(=O)NCC(=O)O. The van der Waals surface area contributed by atoms with Gasteiger partial charge in [0.2, 0.25) is 47.3 Å². The van der Waals surface area contributed by atoms with Gasteiger partial charge in [0, 0.05) is 39.0 Å². The Balaban J connectivity index is 1.07. The summed E-state index contributed by atoms with van der Waals surface area (Å²) in [6.45, 7) is 0.780. The van der Waals surface area contributed by atoms with Crippen LogP contribution in [-0.4, -0.2) is 189 Å². The zero-order chi connectivity index (χ0) is 40.0. The average Bonchev–Trinajstić information content (AvgIpc) is 4.00. The minimum Gasteiger partial charge on any atom is -0.480 e. The Kier molecular flexibility index (Phi) is 13.6. The number of aliphatic hydroxyl groups is 2. The monoisotopic (exact) mass is 777 g/mol. The summed E-state index contributed by atoms with van der Waals surface area (Å²) in [5, 5.41) is 42.1. The first-order valence-corrected chi connectivity index (χ1v) is 18.8. The number of likely N-dealkylation sites (tertiary alicyclic amines) is 4. The van der Waals surface area contributed by atoms with Gasteiger partial charge in [0.15, 0.2) is 0 Å². The maximum atomic E-state index is 13.5. The van der Waals surface area contributed by atoms with Crippen LogP contribution in [0, 0.1) is 0 Å². The van der Waals surface area contributed by atoms with E-state index in [1.165, 1.54) is 21.6 Å². The van der Waals surface area contributed by atoms with Crippen LogP contribution >= 0.6 is 0 Å². The highest BCUT2D eigenvalue weighted by Gasteiger charge is 2.45.